The van der Waals surface area contributed by atoms with E-state index in [4.69, 9.17) is 0 Å². The fourth-order valence-electron chi connectivity index (χ4n) is 5.72. The summed E-state index contributed by atoms with van der Waals surface area (Å²) in [5, 5.41) is 0. The van der Waals surface area contributed by atoms with E-state index >= 15 is 0 Å². The highest BCUT2D eigenvalue weighted by Gasteiger charge is 2.59. The molecule has 2 fully saturated rings. The maximum absolute atomic E-state index is 12.3. The highest BCUT2D eigenvalue weighted by atomic mass is 16.1. The maximum Gasteiger partial charge on any atom is 0.140 e. The molecule has 1 heterocycles. The van der Waals surface area contributed by atoms with E-state index in [1.54, 1.807) is 0 Å². The van der Waals surface area contributed by atoms with Crippen molar-refractivity contribution in [3.05, 3.63) is 71.8 Å². The summed E-state index contributed by atoms with van der Waals surface area (Å²) in [7, 11) is 0. The van der Waals surface area contributed by atoms with E-state index in [9.17, 15) is 4.79 Å². The van der Waals surface area contributed by atoms with Gasteiger partial charge in [-0.2, -0.15) is 0 Å². The first kappa shape index (κ1) is 23.2. The van der Waals surface area contributed by atoms with Crippen molar-refractivity contribution < 1.29 is 4.79 Å². The highest BCUT2D eigenvalue weighted by Crippen LogP contribution is 2.48. The molecule has 1 aliphatic carbocycles. The molecule has 4 heteroatoms. The van der Waals surface area contributed by atoms with Crippen molar-refractivity contribution in [1.29, 1.82) is 0 Å². The van der Waals surface area contributed by atoms with E-state index < -0.39 is 0 Å². The Balaban J connectivity index is 1.45. The second-order valence-corrected chi connectivity index (χ2v) is 10.1. The fourth-order valence-corrected chi connectivity index (χ4v) is 5.72. The van der Waals surface area contributed by atoms with E-state index in [1.807, 2.05) is 0 Å². The fraction of sp³-hybridized carbons (Fsp3) is 0.536. The van der Waals surface area contributed by atoms with Crippen LogP contribution in [0.1, 0.15) is 51.3 Å². The van der Waals surface area contributed by atoms with Crippen LogP contribution in [0.2, 0.25) is 0 Å². The summed E-state index contributed by atoms with van der Waals surface area (Å²) >= 11 is 0. The van der Waals surface area contributed by atoms with Crippen LogP contribution < -0.4 is 0 Å². The van der Waals surface area contributed by atoms with Crippen LogP contribution in [-0.2, 0) is 4.79 Å². The molecule has 0 amide bonds. The Hall–Kier alpha value is -2.01. The molecule has 1 aliphatic heterocycles. The van der Waals surface area contributed by atoms with Crippen molar-refractivity contribution in [2.45, 2.75) is 57.8 Å². The lowest BCUT2D eigenvalue weighted by atomic mass is 9.96. The summed E-state index contributed by atoms with van der Waals surface area (Å²) in [6.07, 6.45) is 2.27. The van der Waals surface area contributed by atoms with Crippen LogP contribution >= 0.6 is 0 Å². The van der Waals surface area contributed by atoms with Crippen LogP contribution in [-0.4, -0.2) is 71.3 Å². The van der Waals surface area contributed by atoms with E-state index in [-0.39, 0.29) is 11.6 Å². The van der Waals surface area contributed by atoms with Crippen LogP contribution in [0.4, 0.5) is 0 Å². The Morgan fingerprint density at radius 2 is 1.38 bits per heavy atom. The molecule has 0 N–H and O–H groups in total. The lowest BCUT2D eigenvalue weighted by molar-refractivity contribution is -0.115. The van der Waals surface area contributed by atoms with Gasteiger partial charge in [0.15, 0.2) is 0 Å². The van der Waals surface area contributed by atoms with Gasteiger partial charge in [-0.1, -0.05) is 60.7 Å². The summed E-state index contributed by atoms with van der Waals surface area (Å²) in [5.41, 5.74) is 2.43. The molecular weight excluding hydrogens is 394 g/mol. The normalized spacial score (nSPS) is 24.6. The number of hydrogen-bond acceptors (Lipinski definition) is 4. The van der Waals surface area contributed by atoms with Crippen molar-refractivity contribution in [3.8, 4) is 0 Å². The SMILES string of the molecule is CC(C)N(CC1CC1(C=O)N1CCN(C(c2ccccc2)c2ccccc2)CC1)C(C)C. The van der Waals surface area contributed by atoms with Crippen molar-refractivity contribution in [2.75, 3.05) is 32.7 Å². The van der Waals surface area contributed by atoms with Gasteiger partial charge in [0.25, 0.3) is 0 Å². The van der Waals surface area contributed by atoms with Gasteiger partial charge in [0, 0.05) is 44.8 Å². The monoisotopic (exact) mass is 433 g/mol. The standard InChI is InChI=1S/C28H39N3O/c1-22(2)31(23(3)4)20-26-19-28(26,21-32)30-17-15-29(16-18-30)27(24-11-7-5-8-12-24)25-13-9-6-10-14-25/h5-14,21-23,26-27H,15-20H2,1-4H3. The lowest BCUT2D eigenvalue weighted by Crippen LogP contribution is -2.54. The van der Waals surface area contributed by atoms with Gasteiger partial charge in [-0.05, 0) is 51.2 Å². The Labute approximate surface area is 194 Å². The predicted octanol–water partition coefficient (Wildman–Crippen LogP) is 4.47. The minimum atomic E-state index is -0.247. The summed E-state index contributed by atoms with van der Waals surface area (Å²) in [4.78, 5) is 19.9. The third-order valence-electron chi connectivity index (χ3n) is 7.58. The Kier molecular flexibility index (Phi) is 7.14. The first-order valence-electron chi connectivity index (χ1n) is 12.3. The molecule has 4 rings (SSSR count). The third kappa shape index (κ3) is 4.68. The molecule has 0 radical (unpaired) electrons. The van der Waals surface area contributed by atoms with Crippen LogP contribution in [0.3, 0.4) is 0 Å². The number of rotatable bonds is 9. The second kappa shape index (κ2) is 9.86. The maximum atomic E-state index is 12.3. The Morgan fingerprint density at radius 1 is 0.875 bits per heavy atom. The van der Waals surface area contributed by atoms with Crippen molar-refractivity contribution in [2.24, 2.45) is 5.92 Å². The van der Waals surface area contributed by atoms with Gasteiger partial charge >= 0.3 is 0 Å². The molecule has 32 heavy (non-hydrogen) atoms. The molecule has 1 saturated heterocycles. The summed E-state index contributed by atoms with van der Waals surface area (Å²) < 4.78 is 0. The molecule has 2 aromatic carbocycles. The average molecular weight is 434 g/mol. The zero-order chi connectivity index (χ0) is 22.7. The van der Waals surface area contributed by atoms with Gasteiger partial charge in [-0.3, -0.25) is 14.7 Å². The Bertz CT molecular complexity index is 813. The molecule has 1 saturated carbocycles. The van der Waals surface area contributed by atoms with Crippen molar-refractivity contribution in [3.63, 3.8) is 0 Å². The van der Waals surface area contributed by atoms with E-state index in [1.165, 1.54) is 17.4 Å². The third-order valence-corrected chi connectivity index (χ3v) is 7.58. The molecule has 0 aromatic heterocycles. The molecule has 2 aliphatic rings. The quantitative estimate of drug-likeness (QED) is 0.545. The number of aldehydes is 1. The van der Waals surface area contributed by atoms with Gasteiger partial charge in [0.1, 0.15) is 6.29 Å². The molecule has 0 bridgehead atoms. The predicted molar refractivity (Wildman–Crippen MR) is 132 cm³/mol. The highest BCUT2D eigenvalue weighted by molar-refractivity contribution is 5.70. The molecule has 2 atom stereocenters. The number of hydrogen-bond donors (Lipinski definition) is 0. The summed E-state index contributed by atoms with van der Waals surface area (Å²) in [5.74, 6) is 0.454. The molecule has 2 aromatic rings. The Morgan fingerprint density at radius 3 is 1.81 bits per heavy atom. The smallest absolute Gasteiger partial charge is 0.140 e. The van der Waals surface area contributed by atoms with Gasteiger partial charge < -0.3 is 4.79 Å². The summed E-state index contributed by atoms with van der Waals surface area (Å²) in [6, 6.07) is 22.9. The largest absolute Gasteiger partial charge is 0.301 e. The van der Waals surface area contributed by atoms with Crippen LogP contribution in [0.5, 0.6) is 0 Å². The van der Waals surface area contributed by atoms with Crippen LogP contribution in [0.25, 0.3) is 0 Å². The van der Waals surface area contributed by atoms with Crippen LogP contribution in [0.15, 0.2) is 60.7 Å². The lowest BCUT2D eigenvalue weighted by Gasteiger charge is -2.42. The minimum Gasteiger partial charge on any atom is -0.301 e. The first-order chi connectivity index (χ1) is 15.5. The van der Waals surface area contributed by atoms with E-state index in [0.29, 0.717) is 18.0 Å². The summed E-state index contributed by atoms with van der Waals surface area (Å²) in [6.45, 7) is 13.9. The zero-order valence-electron chi connectivity index (χ0n) is 20.2. The van der Waals surface area contributed by atoms with E-state index in [2.05, 4.69) is 103 Å². The van der Waals surface area contributed by atoms with Crippen molar-refractivity contribution in [1.82, 2.24) is 14.7 Å². The zero-order valence-corrected chi connectivity index (χ0v) is 20.2. The molecular formula is C28H39N3O. The van der Waals surface area contributed by atoms with Gasteiger partial charge in [-0.15, -0.1) is 0 Å². The topological polar surface area (TPSA) is 26.8 Å². The van der Waals surface area contributed by atoms with Crippen LogP contribution in [0, 0.1) is 5.92 Å². The molecule has 0 spiro atoms. The number of piperazine rings is 1. The molecule has 4 nitrogen and oxygen atoms in total. The average Bonchev–Trinajstić information content (AvgIpc) is 3.53. The molecule has 172 valence electrons. The number of nitrogens with zero attached hydrogens (tertiary/aromatic N) is 3. The van der Waals surface area contributed by atoms with Gasteiger partial charge in [0.2, 0.25) is 0 Å². The number of benzene rings is 2. The second-order valence-electron chi connectivity index (χ2n) is 10.1. The van der Waals surface area contributed by atoms with Gasteiger partial charge in [-0.25, -0.2) is 0 Å². The molecule has 2 unspecified atom stereocenters. The first-order valence-corrected chi connectivity index (χ1v) is 12.3. The number of carbonyl (C=O) groups is 1. The number of carbonyl (C=O) groups excluding carboxylic acids is 1. The van der Waals surface area contributed by atoms with Gasteiger partial charge in [0.05, 0.1) is 11.6 Å². The van der Waals surface area contributed by atoms with E-state index in [0.717, 1.165) is 39.1 Å². The van der Waals surface area contributed by atoms with Crippen molar-refractivity contribution >= 4 is 6.29 Å². The minimum absolute atomic E-state index is 0.247.